The van der Waals surface area contributed by atoms with Crippen LogP contribution in [-0.2, 0) is 4.79 Å². The van der Waals surface area contributed by atoms with Gasteiger partial charge in [-0.15, -0.1) is 11.8 Å². The lowest BCUT2D eigenvalue weighted by Crippen LogP contribution is -2.28. The molecule has 0 bridgehead atoms. The normalized spacial score (nSPS) is 22.1. The fourth-order valence-corrected chi connectivity index (χ4v) is 2.78. The van der Waals surface area contributed by atoms with Crippen molar-refractivity contribution < 1.29 is 9.59 Å². The molecule has 1 aromatic carbocycles. The molecule has 1 saturated carbocycles. The number of carbonyl (C=O) groups excluding carboxylic acids is 2. The minimum absolute atomic E-state index is 0.00717. The van der Waals surface area contributed by atoms with Crippen molar-refractivity contribution in [2.45, 2.75) is 36.0 Å². The van der Waals surface area contributed by atoms with Gasteiger partial charge >= 0.3 is 0 Å². The van der Waals surface area contributed by atoms with Crippen LogP contribution >= 0.6 is 11.8 Å². The Labute approximate surface area is 110 Å². The van der Waals surface area contributed by atoms with Gasteiger partial charge in [0.1, 0.15) is 0 Å². The molecule has 0 aromatic heterocycles. The average molecular weight is 262 g/mol. The molecule has 1 fully saturated rings. The highest BCUT2D eigenvalue weighted by Crippen LogP contribution is 2.36. The third-order valence-electron chi connectivity index (χ3n) is 3.09. The molecule has 2 amide bonds. The Morgan fingerprint density at radius 3 is 2.94 bits per heavy atom. The first-order chi connectivity index (χ1) is 8.63. The Hall–Kier alpha value is -1.49. The second-order valence-corrected chi connectivity index (χ2v) is 6.09. The van der Waals surface area contributed by atoms with Gasteiger partial charge in [0.15, 0.2) is 0 Å². The first-order valence-corrected chi connectivity index (χ1v) is 6.94. The predicted molar refractivity (Wildman–Crippen MR) is 70.9 cm³/mol. The van der Waals surface area contributed by atoms with Gasteiger partial charge in [0.05, 0.1) is 10.9 Å². The second-order valence-electron chi connectivity index (χ2n) is 4.71. The summed E-state index contributed by atoms with van der Waals surface area (Å²) in [6, 6.07) is 5.81. The van der Waals surface area contributed by atoms with Crippen molar-refractivity contribution in [2.75, 3.05) is 5.32 Å². The fraction of sp³-hybridized carbons (Fsp3) is 0.385. The summed E-state index contributed by atoms with van der Waals surface area (Å²) in [6.07, 6.45) is 2.14. The summed E-state index contributed by atoms with van der Waals surface area (Å²) in [7, 11) is 0. The molecular formula is C13H14N2O2S. The molecule has 5 heteroatoms. The highest BCUT2D eigenvalue weighted by atomic mass is 32.2. The van der Waals surface area contributed by atoms with Gasteiger partial charge in [-0.2, -0.15) is 0 Å². The van der Waals surface area contributed by atoms with Crippen LogP contribution in [0.5, 0.6) is 0 Å². The van der Waals surface area contributed by atoms with Crippen LogP contribution in [0.15, 0.2) is 23.1 Å². The maximum Gasteiger partial charge on any atom is 0.251 e. The monoisotopic (exact) mass is 262 g/mol. The van der Waals surface area contributed by atoms with Crippen LogP contribution in [-0.4, -0.2) is 23.1 Å². The molecule has 4 nitrogen and oxygen atoms in total. The van der Waals surface area contributed by atoms with Crippen LogP contribution in [0, 0.1) is 0 Å². The van der Waals surface area contributed by atoms with Crippen molar-refractivity contribution >= 4 is 29.3 Å². The first-order valence-electron chi connectivity index (χ1n) is 6.06. The maximum atomic E-state index is 11.9. The van der Waals surface area contributed by atoms with Gasteiger partial charge in [-0.05, 0) is 38.0 Å². The van der Waals surface area contributed by atoms with Crippen LogP contribution in [0.2, 0.25) is 0 Å². The van der Waals surface area contributed by atoms with Crippen LogP contribution in [0.4, 0.5) is 5.69 Å². The molecule has 0 saturated heterocycles. The number of rotatable bonds is 2. The summed E-state index contributed by atoms with van der Waals surface area (Å²) >= 11 is 1.52. The van der Waals surface area contributed by atoms with Crippen LogP contribution < -0.4 is 10.6 Å². The zero-order valence-electron chi connectivity index (χ0n) is 10.0. The minimum Gasteiger partial charge on any atom is -0.349 e. The Balaban J connectivity index is 1.83. The highest BCUT2D eigenvalue weighted by molar-refractivity contribution is 8.00. The number of anilines is 1. The third kappa shape index (κ3) is 2.22. The summed E-state index contributed by atoms with van der Waals surface area (Å²) in [6.45, 7) is 1.87. The number of hydrogen-bond acceptors (Lipinski definition) is 3. The Morgan fingerprint density at radius 2 is 2.22 bits per heavy atom. The molecule has 94 valence electrons. The Morgan fingerprint density at radius 1 is 1.44 bits per heavy atom. The quantitative estimate of drug-likeness (QED) is 0.857. The average Bonchev–Trinajstić information content (AvgIpc) is 3.14. The van der Waals surface area contributed by atoms with E-state index in [9.17, 15) is 9.59 Å². The topological polar surface area (TPSA) is 58.2 Å². The molecule has 1 aliphatic carbocycles. The lowest BCUT2D eigenvalue weighted by molar-refractivity contribution is -0.115. The molecule has 0 radical (unpaired) electrons. The second kappa shape index (κ2) is 4.31. The summed E-state index contributed by atoms with van der Waals surface area (Å²) in [5.74, 6) is -0.0644. The predicted octanol–water partition coefficient (Wildman–Crippen LogP) is 2.01. The number of carbonyl (C=O) groups is 2. The van der Waals surface area contributed by atoms with E-state index in [-0.39, 0.29) is 17.1 Å². The van der Waals surface area contributed by atoms with Crippen molar-refractivity contribution in [2.24, 2.45) is 0 Å². The maximum absolute atomic E-state index is 11.9. The number of fused-ring (bicyclic) bond motifs is 1. The van der Waals surface area contributed by atoms with E-state index in [4.69, 9.17) is 0 Å². The van der Waals surface area contributed by atoms with Gasteiger partial charge in [0.25, 0.3) is 5.91 Å². The minimum atomic E-state index is -0.0800. The zero-order valence-corrected chi connectivity index (χ0v) is 10.8. The fourth-order valence-electron chi connectivity index (χ4n) is 1.85. The third-order valence-corrected chi connectivity index (χ3v) is 4.26. The lowest BCUT2D eigenvalue weighted by atomic mass is 10.1. The molecule has 1 heterocycles. The number of thioether (sulfide) groups is 1. The van der Waals surface area contributed by atoms with E-state index in [1.165, 1.54) is 11.8 Å². The van der Waals surface area contributed by atoms with Crippen molar-refractivity contribution in [1.82, 2.24) is 5.32 Å². The molecule has 1 unspecified atom stereocenters. The van der Waals surface area contributed by atoms with E-state index >= 15 is 0 Å². The Bertz CT molecular complexity index is 526. The van der Waals surface area contributed by atoms with Gasteiger partial charge in [-0.1, -0.05) is 0 Å². The molecule has 2 aliphatic rings. The number of benzene rings is 1. The molecule has 1 aromatic rings. The van der Waals surface area contributed by atoms with E-state index in [2.05, 4.69) is 10.6 Å². The molecular weight excluding hydrogens is 248 g/mol. The summed E-state index contributed by atoms with van der Waals surface area (Å²) < 4.78 is 0. The largest absolute Gasteiger partial charge is 0.349 e. The SMILES string of the molecule is CC1Sc2ccc(C(=O)NC3CC3)cc2NC1=O. The molecule has 18 heavy (non-hydrogen) atoms. The summed E-state index contributed by atoms with van der Waals surface area (Å²) in [5, 5.41) is 5.69. The first kappa shape index (κ1) is 11.6. The van der Waals surface area contributed by atoms with Crippen LogP contribution in [0.25, 0.3) is 0 Å². The number of nitrogens with one attached hydrogen (secondary N) is 2. The van der Waals surface area contributed by atoms with Crippen LogP contribution in [0.3, 0.4) is 0 Å². The zero-order chi connectivity index (χ0) is 12.7. The van der Waals surface area contributed by atoms with E-state index in [1.54, 1.807) is 6.07 Å². The Kier molecular flexibility index (Phi) is 2.78. The van der Waals surface area contributed by atoms with Gasteiger partial charge in [-0.25, -0.2) is 0 Å². The van der Waals surface area contributed by atoms with Gasteiger partial charge in [0.2, 0.25) is 5.91 Å². The molecule has 2 N–H and O–H groups in total. The number of hydrogen-bond donors (Lipinski definition) is 2. The number of amides is 2. The standard InChI is InChI=1S/C13H14N2O2S/c1-7-12(16)15-10-6-8(2-5-11(10)18-7)13(17)14-9-3-4-9/h2,5-7,9H,3-4H2,1H3,(H,14,17)(H,15,16). The van der Waals surface area contributed by atoms with E-state index in [0.29, 0.717) is 11.6 Å². The summed E-state index contributed by atoms with van der Waals surface area (Å²) in [4.78, 5) is 24.5. The summed E-state index contributed by atoms with van der Waals surface area (Å²) in [5.41, 5.74) is 1.35. The van der Waals surface area contributed by atoms with Crippen molar-refractivity contribution in [3.63, 3.8) is 0 Å². The molecule has 1 aliphatic heterocycles. The molecule has 3 rings (SSSR count). The highest BCUT2D eigenvalue weighted by Gasteiger charge is 2.26. The van der Waals surface area contributed by atoms with Crippen LogP contribution in [0.1, 0.15) is 30.1 Å². The van der Waals surface area contributed by atoms with E-state index in [0.717, 1.165) is 23.4 Å². The lowest BCUT2D eigenvalue weighted by Gasteiger charge is -2.21. The van der Waals surface area contributed by atoms with Gasteiger partial charge in [-0.3, -0.25) is 9.59 Å². The molecule has 1 atom stereocenters. The van der Waals surface area contributed by atoms with Gasteiger partial charge in [0, 0.05) is 16.5 Å². The van der Waals surface area contributed by atoms with Gasteiger partial charge < -0.3 is 10.6 Å². The van der Waals surface area contributed by atoms with E-state index in [1.807, 2.05) is 19.1 Å². The van der Waals surface area contributed by atoms with Crippen molar-refractivity contribution in [1.29, 1.82) is 0 Å². The smallest absolute Gasteiger partial charge is 0.251 e. The molecule has 0 spiro atoms. The van der Waals surface area contributed by atoms with Crippen molar-refractivity contribution in [3.8, 4) is 0 Å². The van der Waals surface area contributed by atoms with E-state index < -0.39 is 0 Å². The van der Waals surface area contributed by atoms with Crippen molar-refractivity contribution in [3.05, 3.63) is 23.8 Å².